The van der Waals surface area contributed by atoms with Crippen molar-refractivity contribution in [3.05, 3.63) is 34.1 Å². The molecule has 5 nitrogen and oxygen atoms in total. The Morgan fingerprint density at radius 1 is 1.55 bits per heavy atom. The maximum absolute atomic E-state index is 13.2. The minimum Gasteiger partial charge on any atom is -0.481 e. The van der Waals surface area contributed by atoms with Crippen LogP contribution in [0.25, 0.3) is 0 Å². The first-order valence-corrected chi connectivity index (χ1v) is 6.71. The molecular formula is C13H13BrFNO4. The van der Waals surface area contributed by atoms with Crippen molar-refractivity contribution in [3.63, 3.8) is 0 Å². The van der Waals surface area contributed by atoms with Gasteiger partial charge in [-0.25, -0.2) is 4.39 Å². The average molecular weight is 346 g/mol. The Kier molecular flexibility index (Phi) is 4.10. The number of carboxylic acids is 1. The molecule has 1 aliphatic heterocycles. The molecule has 0 saturated carbocycles. The van der Waals surface area contributed by atoms with E-state index in [-0.39, 0.29) is 18.8 Å². The first kappa shape index (κ1) is 14.9. The molecule has 1 aliphatic rings. The maximum atomic E-state index is 13.2. The molecule has 0 bridgehead atoms. The second-order valence-corrected chi connectivity index (χ2v) is 5.74. The highest BCUT2D eigenvalue weighted by Crippen LogP contribution is 2.29. The summed E-state index contributed by atoms with van der Waals surface area (Å²) in [5, 5.41) is 11.8. The van der Waals surface area contributed by atoms with E-state index in [4.69, 9.17) is 4.74 Å². The van der Waals surface area contributed by atoms with Gasteiger partial charge in [-0.2, -0.15) is 0 Å². The molecule has 1 heterocycles. The van der Waals surface area contributed by atoms with Gasteiger partial charge in [0.05, 0.1) is 24.8 Å². The predicted molar refractivity (Wildman–Crippen MR) is 71.9 cm³/mol. The number of carboxylic acid groups (broad SMARTS) is 1. The van der Waals surface area contributed by atoms with Crippen molar-refractivity contribution in [3.8, 4) is 0 Å². The quantitative estimate of drug-likeness (QED) is 0.875. The van der Waals surface area contributed by atoms with Crippen LogP contribution in [0.2, 0.25) is 0 Å². The highest BCUT2D eigenvalue weighted by molar-refractivity contribution is 9.10. The van der Waals surface area contributed by atoms with E-state index in [9.17, 15) is 19.1 Å². The Labute approximate surface area is 123 Å². The van der Waals surface area contributed by atoms with Gasteiger partial charge in [0, 0.05) is 4.47 Å². The lowest BCUT2D eigenvalue weighted by Gasteiger charge is -2.25. The van der Waals surface area contributed by atoms with Crippen molar-refractivity contribution in [2.24, 2.45) is 5.41 Å². The lowest BCUT2D eigenvalue weighted by molar-refractivity contribution is -0.148. The molecule has 1 saturated heterocycles. The zero-order chi connectivity index (χ0) is 14.9. The molecular weight excluding hydrogens is 333 g/mol. The van der Waals surface area contributed by atoms with Crippen LogP contribution in [0, 0.1) is 11.2 Å². The smallest absolute Gasteiger partial charge is 0.313 e. The number of carbonyl (C=O) groups is 2. The number of hydrogen-bond acceptors (Lipinski definition) is 3. The molecule has 1 fully saturated rings. The number of aliphatic carboxylic acids is 1. The summed E-state index contributed by atoms with van der Waals surface area (Å²) in [6.07, 6.45) is 0. The highest BCUT2D eigenvalue weighted by Gasteiger charge is 2.47. The third kappa shape index (κ3) is 2.69. The summed E-state index contributed by atoms with van der Waals surface area (Å²) in [4.78, 5) is 23.4. The fourth-order valence-corrected chi connectivity index (χ4v) is 2.42. The molecule has 0 aromatic heterocycles. The Bertz CT molecular complexity index is 565. The van der Waals surface area contributed by atoms with Gasteiger partial charge in [-0.1, -0.05) is 0 Å². The molecule has 2 unspecified atom stereocenters. The zero-order valence-corrected chi connectivity index (χ0v) is 12.2. The molecule has 7 heteroatoms. The van der Waals surface area contributed by atoms with Crippen LogP contribution in [0.1, 0.15) is 17.3 Å². The van der Waals surface area contributed by atoms with Crippen LogP contribution in [-0.4, -0.2) is 36.2 Å². The summed E-state index contributed by atoms with van der Waals surface area (Å²) >= 11 is 3.16. The first-order valence-electron chi connectivity index (χ1n) is 5.91. The number of amides is 1. The van der Waals surface area contributed by atoms with Gasteiger partial charge in [-0.05, 0) is 41.1 Å². The van der Waals surface area contributed by atoms with Gasteiger partial charge < -0.3 is 15.2 Å². The largest absolute Gasteiger partial charge is 0.481 e. The van der Waals surface area contributed by atoms with Crippen molar-refractivity contribution < 1.29 is 23.8 Å². The van der Waals surface area contributed by atoms with Crippen molar-refractivity contribution in [2.75, 3.05) is 13.2 Å². The van der Waals surface area contributed by atoms with E-state index in [0.717, 1.165) is 6.07 Å². The fourth-order valence-electron chi connectivity index (χ4n) is 1.99. The number of halogens is 2. The van der Waals surface area contributed by atoms with Crippen LogP contribution >= 0.6 is 15.9 Å². The van der Waals surface area contributed by atoms with E-state index in [1.54, 1.807) is 0 Å². The maximum Gasteiger partial charge on any atom is 0.313 e. The molecule has 0 radical (unpaired) electrons. The molecule has 1 aromatic rings. The standard InChI is InChI=1S/C13H13BrFNO4/c1-13(12(18)19)6-20-5-10(13)16-11(17)8-4-7(15)2-3-9(8)14/h2-4,10H,5-6H2,1H3,(H,16,17)(H,18,19). The fraction of sp³-hybridized carbons (Fsp3) is 0.385. The summed E-state index contributed by atoms with van der Waals surface area (Å²) in [6, 6.07) is 3.07. The van der Waals surface area contributed by atoms with E-state index >= 15 is 0 Å². The Balaban J connectivity index is 2.19. The van der Waals surface area contributed by atoms with Crippen molar-refractivity contribution in [1.29, 1.82) is 0 Å². The van der Waals surface area contributed by atoms with Crippen LogP contribution in [0.15, 0.2) is 22.7 Å². The van der Waals surface area contributed by atoms with E-state index in [0.29, 0.717) is 4.47 Å². The number of hydrogen-bond donors (Lipinski definition) is 2. The van der Waals surface area contributed by atoms with E-state index in [1.165, 1.54) is 19.1 Å². The molecule has 2 N–H and O–H groups in total. The zero-order valence-electron chi connectivity index (χ0n) is 10.7. The lowest BCUT2D eigenvalue weighted by atomic mass is 9.85. The molecule has 2 atom stereocenters. The second-order valence-electron chi connectivity index (χ2n) is 4.89. The highest BCUT2D eigenvalue weighted by atomic mass is 79.9. The number of benzene rings is 1. The summed E-state index contributed by atoms with van der Waals surface area (Å²) < 4.78 is 18.8. The third-order valence-electron chi connectivity index (χ3n) is 3.42. The third-order valence-corrected chi connectivity index (χ3v) is 4.11. The summed E-state index contributed by atoms with van der Waals surface area (Å²) in [5.74, 6) is -2.13. The van der Waals surface area contributed by atoms with Gasteiger partial charge in [0.2, 0.25) is 0 Å². The number of rotatable bonds is 3. The average Bonchev–Trinajstić information content (AvgIpc) is 2.75. The van der Waals surface area contributed by atoms with Crippen molar-refractivity contribution in [1.82, 2.24) is 5.32 Å². The Morgan fingerprint density at radius 2 is 2.25 bits per heavy atom. The summed E-state index contributed by atoms with van der Waals surface area (Å²) in [6.45, 7) is 1.65. The van der Waals surface area contributed by atoms with Crippen LogP contribution in [0.4, 0.5) is 4.39 Å². The molecule has 1 aromatic carbocycles. The number of carbonyl (C=O) groups excluding carboxylic acids is 1. The lowest BCUT2D eigenvalue weighted by Crippen LogP contribution is -2.49. The first-order chi connectivity index (χ1) is 9.34. The molecule has 0 aliphatic carbocycles. The van der Waals surface area contributed by atoms with Crippen LogP contribution in [-0.2, 0) is 9.53 Å². The topological polar surface area (TPSA) is 75.6 Å². The number of nitrogens with one attached hydrogen (secondary N) is 1. The molecule has 20 heavy (non-hydrogen) atoms. The second kappa shape index (κ2) is 5.49. The summed E-state index contributed by atoms with van der Waals surface area (Å²) in [7, 11) is 0. The molecule has 0 spiro atoms. The minimum absolute atomic E-state index is 0.0254. The van der Waals surface area contributed by atoms with Crippen LogP contribution in [0.3, 0.4) is 0 Å². The van der Waals surface area contributed by atoms with E-state index in [2.05, 4.69) is 21.2 Å². The Morgan fingerprint density at radius 3 is 2.90 bits per heavy atom. The Hall–Kier alpha value is -1.47. The van der Waals surface area contributed by atoms with Crippen molar-refractivity contribution >= 4 is 27.8 Å². The SMILES string of the molecule is CC1(C(=O)O)COCC1NC(=O)c1cc(F)ccc1Br. The van der Waals surface area contributed by atoms with Gasteiger partial charge in [0.25, 0.3) is 5.91 Å². The minimum atomic E-state index is -1.19. The van der Waals surface area contributed by atoms with Gasteiger partial charge in [0.1, 0.15) is 11.2 Å². The molecule has 1 amide bonds. The van der Waals surface area contributed by atoms with Gasteiger partial charge in [0.15, 0.2) is 0 Å². The van der Waals surface area contributed by atoms with Crippen molar-refractivity contribution in [2.45, 2.75) is 13.0 Å². The van der Waals surface area contributed by atoms with Gasteiger partial charge in [-0.15, -0.1) is 0 Å². The van der Waals surface area contributed by atoms with Crippen LogP contribution in [0.5, 0.6) is 0 Å². The van der Waals surface area contributed by atoms with E-state index in [1.807, 2.05) is 0 Å². The molecule has 2 rings (SSSR count). The molecule has 108 valence electrons. The monoisotopic (exact) mass is 345 g/mol. The van der Waals surface area contributed by atoms with Crippen LogP contribution < -0.4 is 5.32 Å². The summed E-state index contributed by atoms with van der Waals surface area (Å²) in [5.41, 5.74) is -1.07. The van der Waals surface area contributed by atoms with Gasteiger partial charge >= 0.3 is 5.97 Å². The predicted octanol–water partition coefficient (Wildman–Crippen LogP) is 1.81. The van der Waals surface area contributed by atoms with Gasteiger partial charge in [-0.3, -0.25) is 9.59 Å². The number of ether oxygens (including phenoxy) is 1. The van der Waals surface area contributed by atoms with E-state index < -0.39 is 29.2 Å². The normalized spacial score (nSPS) is 25.4.